The van der Waals surface area contributed by atoms with Crippen LogP contribution < -0.4 is 16.0 Å². The van der Waals surface area contributed by atoms with Gasteiger partial charge in [0, 0.05) is 16.0 Å². The van der Waals surface area contributed by atoms with Crippen molar-refractivity contribution in [2.45, 2.75) is 19.2 Å². The van der Waals surface area contributed by atoms with Gasteiger partial charge in [-0.05, 0) is 42.0 Å². The molecule has 176 valence electrons. The Balaban J connectivity index is 1.61. The summed E-state index contributed by atoms with van der Waals surface area (Å²) in [4.78, 5) is 31.2. The van der Waals surface area contributed by atoms with Crippen molar-refractivity contribution in [1.29, 1.82) is 0 Å². The van der Waals surface area contributed by atoms with Crippen molar-refractivity contribution < 1.29 is 9.84 Å². The van der Waals surface area contributed by atoms with Gasteiger partial charge in [-0.15, -0.1) is 5.11 Å². The second kappa shape index (κ2) is 10.5. The number of aryl methyl sites for hydroxylation is 1. The first-order valence-electron chi connectivity index (χ1n) is 10.2. The number of nitrogens with one attached hydrogen (secondary N) is 1. The number of aromatic nitrogens is 4. The second-order valence-corrected chi connectivity index (χ2v) is 9.29. The Kier molecular flexibility index (Phi) is 7.39. The molecule has 2 aromatic carbocycles. The average Bonchev–Trinajstić information content (AvgIpc) is 3.17. The standard InChI is InChI=1S/C22H20Br2N6O4/c1-29-19-18(20(32)27-22(29)33)30(11-16(31)12-34-17-8-6-15(24)7-9-17)21(26-19)28-25-10-13-2-4-14(23)5-3-13/h2-9,16,31H,10-12H2,1H3,(H,27,32,33). The summed E-state index contributed by atoms with van der Waals surface area (Å²) in [6.07, 6.45) is -0.988. The zero-order valence-electron chi connectivity index (χ0n) is 18.0. The van der Waals surface area contributed by atoms with Crippen LogP contribution in [0.4, 0.5) is 5.95 Å². The van der Waals surface area contributed by atoms with E-state index in [1.54, 1.807) is 12.1 Å². The molecule has 0 spiro atoms. The molecule has 4 rings (SSSR count). The molecule has 2 N–H and O–H groups in total. The number of H-pyrrole nitrogens is 1. The summed E-state index contributed by atoms with van der Waals surface area (Å²) in [6.45, 7) is 0.225. The minimum absolute atomic E-state index is 0.0273. The maximum absolute atomic E-state index is 12.6. The van der Waals surface area contributed by atoms with Crippen LogP contribution in [0.5, 0.6) is 5.75 Å². The summed E-state index contributed by atoms with van der Waals surface area (Å²) in [5, 5.41) is 19.0. The topological polar surface area (TPSA) is 127 Å². The van der Waals surface area contributed by atoms with Crippen LogP contribution in [0, 0.1) is 0 Å². The number of aliphatic hydroxyl groups is 1. The third-order valence-electron chi connectivity index (χ3n) is 4.96. The van der Waals surface area contributed by atoms with Crippen LogP contribution >= 0.6 is 31.9 Å². The molecule has 2 heterocycles. The normalized spacial score (nSPS) is 12.5. The highest BCUT2D eigenvalue weighted by molar-refractivity contribution is 9.10. The Morgan fingerprint density at radius 1 is 1.09 bits per heavy atom. The maximum Gasteiger partial charge on any atom is 0.329 e. The number of hydrogen-bond donors (Lipinski definition) is 2. The van der Waals surface area contributed by atoms with Crippen molar-refractivity contribution in [3.05, 3.63) is 83.9 Å². The fraction of sp³-hybridized carbons (Fsp3) is 0.227. The molecule has 0 bridgehead atoms. The monoisotopic (exact) mass is 590 g/mol. The van der Waals surface area contributed by atoms with E-state index in [1.807, 2.05) is 36.4 Å². The van der Waals surface area contributed by atoms with Crippen molar-refractivity contribution in [3.63, 3.8) is 0 Å². The average molecular weight is 592 g/mol. The number of aliphatic hydroxyl groups excluding tert-OH is 1. The Morgan fingerprint density at radius 3 is 2.41 bits per heavy atom. The molecular formula is C22H20Br2N6O4. The lowest BCUT2D eigenvalue weighted by Crippen LogP contribution is -2.30. The molecule has 34 heavy (non-hydrogen) atoms. The molecule has 1 unspecified atom stereocenters. The van der Waals surface area contributed by atoms with E-state index in [9.17, 15) is 14.7 Å². The van der Waals surface area contributed by atoms with Crippen LogP contribution in [0.15, 0.2) is 77.3 Å². The van der Waals surface area contributed by atoms with Crippen LogP contribution in [0.3, 0.4) is 0 Å². The number of nitrogens with zero attached hydrogens (tertiary/aromatic N) is 5. The first-order chi connectivity index (χ1) is 16.3. The van der Waals surface area contributed by atoms with Crippen molar-refractivity contribution in [1.82, 2.24) is 19.1 Å². The molecule has 0 radical (unpaired) electrons. The van der Waals surface area contributed by atoms with Crippen molar-refractivity contribution in [2.75, 3.05) is 6.61 Å². The number of halogens is 2. The molecule has 0 fully saturated rings. The van der Waals surface area contributed by atoms with Gasteiger partial charge >= 0.3 is 5.69 Å². The van der Waals surface area contributed by atoms with Gasteiger partial charge in [0.2, 0.25) is 0 Å². The molecular weight excluding hydrogens is 572 g/mol. The highest BCUT2D eigenvalue weighted by Crippen LogP contribution is 2.21. The minimum atomic E-state index is -0.988. The molecule has 0 aliphatic rings. The molecule has 10 nitrogen and oxygen atoms in total. The smallest absolute Gasteiger partial charge is 0.329 e. The van der Waals surface area contributed by atoms with Gasteiger partial charge in [0.1, 0.15) is 18.5 Å². The largest absolute Gasteiger partial charge is 0.491 e. The van der Waals surface area contributed by atoms with Crippen LogP contribution in [-0.2, 0) is 20.1 Å². The lowest BCUT2D eigenvalue weighted by atomic mass is 10.2. The van der Waals surface area contributed by atoms with Crippen molar-refractivity contribution >= 4 is 49.0 Å². The van der Waals surface area contributed by atoms with E-state index >= 15 is 0 Å². The summed E-state index contributed by atoms with van der Waals surface area (Å²) < 4.78 is 10.2. The van der Waals surface area contributed by atoms with Crippen molar-refractivity contribution in [3.8, 4) is 5.75 Å². The maximum atomic E-state index is 12.6. The Bertz CT molecular complexity index is 1440. The number of rotatable bonds is 8. The lowest BCUT2D eigenvalue weighted by Gasteiger charge is -2.14. The number of azo groups is 1. The summed E-state index contributed by atoms with van der Waals surface area (Å²) in [5.41, 5.74) is -0.0295. The quantitative estimate of drug-likeness (QED) is 0.302. The number of aromatic amines is 1. The summed E-state index contributed by atoms with van der Waals surface area (Å²) in [6, 6.07) is 14.8. The zero-order chi connectivity index (χ0) is 24.2. The van der Waals surface area contributed by atoms with E-state index in [0.717, 1.165) is 14.5 Å². The predicted octanol–water partition coefficient (Wildman–Crippen LogP) is 3.67. The number of imidazole rings is 1. The molecule has 0 aliphatic carbocycles. The van der Waals surface area contributed by atoms with E-state index in [0.29, 0.717) is 12.3 Å². The first kappa shape index (κ1) is 24.0. The fourth-order valence-electron chi connectivity index (χ4n) is 3.23. The zero-order valence-corrected chi connectivity index (χ0v) is 21.2. The minimum Gasteiger partial charge on any atom is -0.491 e. The first-order valence-corrected chi connectivity index (χ1v) is 11.8. The molecule has 12 heteroatoms. The molecule has 2 aromatic heterocycles. The molecule has 1 atom stereocenters. The number of benzene rings is 2. The van der Waals surface area contributed by atoms with Crippen LogP contribution in [0.25, 0.3) is 11.2 Å². The van der Waals surface area contributed by atoms with Gasteiger partial charge in [0.15, 0.2) is 11.2 Å². The van der Waals surface area contributed by atoms with E-state index in [2.05, 4.69) is 52.1 Å². The lowest BCUT2D eigenvalue weighted by molar-refractivity contribution is 0.0937. The Morgan fingerprint density at radius 2 is 1.74 bits per heavy atom. The van der Waals surface area contributed by atoms with Crippen LogP contribution in [0.1, 0.15) is 5.56 Å². The number of ether oxygens (including phenoxy) is 1. The Labute approximate surface area is 210 Å². The van der Waals surface area contributed by atoms with Crippen LogP contribution in [-0.4, -0.2) is 36.9 Å². The second-order valence-electron chi connectivity index (χ2n) is 7.46. The highest BCUT2D eigenvalue weighted by Gasteiger charge is 2.20. The number of hydrogen-bond acceptors (Lipinski definition) is 7. The predicted molar refractivity (Wildman–Crippen MR) is 134 cm³/mol. The molecule has 4 aromatic rings. The molecule has 0 saturated carbocycles. The van der Waals surface area contributed by atoms with Gasteiger partial charge in [0.25, 0.3) is 11.5 Å². The number of fused-ring (bicyclic) bond motifs is 1. The van der Waals surface area contributed by atoms with Crippen LogP contribution in [0.2, 0.25) is 0 Å². The van der Waals surface area contributed by atoms with E-state index < -0.39 is 17.4 Å². The molecule has 0 saturated heterocycles. The van der Waals surface area contributed by atoms with Crippen molar-refractivity contribution in [2.24, 2.45) is 17.3 Å². The highest BCUT2D eigenvalue weighted by atomic mass is 79.9. The van der Waals surface area contributed by atoms with Gasteiger partial charge in [0.05, 0.1) is 13.1 Å². The van der Waals surface area contributed by atoms with Gasteiger partial charge in [-0.1, -0.05) is 44.0 Å². The SMILES string of the molecule is Cn1c(=O)[nH]c(=O)c2c1nc(N=NCc1ccc(Br)cc1)n2CC(O)COc1ccc(Br)cc1. The summed E-state index contributed by atoms with van der Waals surface area (Å²) >= 11 is 6.75. The van der Waals surface area contributed by atoms with Gasteiger partial charge in [-0.2, -0.15) is 10.1 Å². The van der Waals surface area contributed by atoms with Gasteiger partial charge in [-0.25, -0.2) is 4.79 Å². The third-order valence-corrected chi connectivity index (χ3v) is 6.02. The van der Waals surface area contributed by atoms with Gasteiger partial charge < -0.3 is 9.84 Å². The summed E-state index contributed by atoms with van der Waals surface area (Å²) in [7, 11) is 1.49. The van der Waals surface area contributed by atoms with E-state index in [4.69, 9.17) is 4.74 Å². The van der Waals surface area contributed by atoms with E-state index in [1.165, 1.54) is 16.2 Å². The fourth-order valence-corrected chi connectivity index (χ4v) is 3.76. The molecule has 0 aliphatic heterocycles. The summed E-state index contributed by atoms with van der Waals surface area (Å²) in [5.74, 6) is 0.689. The Hall–Kier alpha value is -3.09. The molecule has 0 amide bonds. The van der Waals surface area contributed by atoms with Gasteiger partial charge in [-0.3, -0.25) is 18.9 Å². The third kappa shape index (κ3) is 5.51. The van der Waals surface area contributed by atoms with E-state index in [-0.39, 0.29) is 30.3 Å².